The summed E-state index contributed by atoms with van der Waals surface area (Å²) in [5.74, 6) is -3.28. The van der Waals surface area contributed by atoms with Crippen LogP contribution in [0.2, 0.25) is 0 Å². The summed E-state index contributed by atoms with van der Waals surface area (Å²) in [6.45, 7) is 0. The van der Waals surface area contributed by atoms with Crippen molar-refractivity contribution in [3.8, 4) is 0 Å². The zero-order chi connectivity index (χ0) is 21.3. The van der Waals surface area contributed by atoms with E-state index in [1.54, 1.807) is 6.07 Å². The van der Waals surface area contributed by atoms with Gasteiger partial charge in [0.25, 0.3) is 11.8 Å². The van der Waals surface area contributed by atoms with Crippen LogP contribution in [0.25, 0.3) is 6.08 Å². The summed E-state index contributed by atoms with van der Waals surface area (Å²) in [4.78, 5) is 33.5. The first-order chi connectivity index (χ1) is 13.2. The van der Waals surface area contributed by atoms with Crippen molar-refractivity contribution in [1.82, 2.24) is 10.9 Å². The number of rotatable bonds is 9. The number of hydrogen-bond donors (Lipinski definition) is 8. The second kappa shape index (κ2) is 10.9. The van der Waals surface area contributed by atoms with Gasteiger partial charge >= 0.3 is 5.97 Å². The molecule has 0 aliphatic heterocycles. The Hall–Kier alpha value is -3.16. The predicted molar refractivity (Wildman–Crippen MR) is 93.0 cm³/mol. The minimum atomic E-state index is -2.32. The normalized spacial score (nSPS) is 15.8. The summed E-state index contributed by atoms with van der Waals surface area (Å²) in [5, 5.41) is 58.0. The molecule has 8 N–H and O–H groups in total. The fraction of sp³-hybridized carbons (Fsp3) is 0.250. The Balaban J connectivity index is 2.69. The second-order valence-corrected chi connectivity index (χ2v) is 5.41. The molecule has 0 aliphatic carbocycles. The van der Waals surface area contributed by atoms with Gasteiger partial charge in [-0.05, 0) is 23.8 Å². The van der Waals surface area contributed by atoms with Crippen molar-refractivity contribution in [3.05, 3.63) is 41.5 Å². The standard InChI is InChI=1S/C16H19N3O9/c20-10(12(22)13(23)14(24)16(26)27)7-17-18-15(25)9-3-1-2-8(6-9)4-5-11(21)19-28/h1-7,10,12-14,20,22-24,28H,(H,18,25)(H,19,21)(H,26,27)/b5-4+,17-7+/t10-,12+,13+,14-/m0/s1. The molecule has 0 unspecified atom stereocenters. The molecular formula is C16H19N3O9. The minimum Gasteiger partial charge on any atom is -0.479 e. The van der Waals surface area contributed by atoms with Crippen LogP contribution in [-0.4, -0.2) is 79.2 Å². The molecule has 4 atom stereocenters. The molecule has 1 rings (SSSR count). The maximum atomic E-state index is 12.0. The zero-order valence-electron chi connectivity index (χ0n) is 14.2. The summed E-state index contributed by atoms with van der Waals surface area (Å²) < 4.78 is 0. The van der Waals surface area contributed by atoms with Gasteiger partial charge in [-0.25, -0.2) is 15.7 Å². The summed E-state index contributed by atoms with van der Waals surface area (Å²) in [6, 6.07) is 5.91. The molecule has 12 nitrogen and oxygen atoms in total. The number of hydrogen-bond acceptors (Lipinski definition) is 9. The number of carboxylic acid groups (broad SMARTS) is 1. The van der Waals surface area contributed by atoms with Crippen LogP contribution < -0.4 is 10.9 Å². The number of benzene rings is 1. The third-order valence-electron chi connectivity index (χ3n) is 3.36. The van der Waals surface area contributed by atoms with E-state index >= 15 is 0 Å². The first-order valence-corrected chi connectivity index (χ1v) is 7.68. The van der Waals surface area contributed by atoms with E-state index in [1.165, 1.54) is 29.8 Å². The Labute approximate surface area is 158 Å². The Morgan fingerprint density at radius 2 is 1.75 bits per heavy atom. The average molecular weight is 397 g/mol. The number of hydroxylamine groups is 1. The van der Waals surface area contributed by atoms with Gasteiger partial charge in [0, 0.05) is 11.6 Å². The topological polar surface area (TPSA) is 209 Å². The van der Waals surface area contributed by atoms with Gasteiger partial charge in [-0.15, -0.1) is 0 Å². The van der Waals surface area contributed by atoms with Crippen LogP contribution in [0, 0.1) is 0 Å². The molecule has 0 aliphatic rings. The van der Waals surface area contributed by atoms with Gasteiger partial charge in [-0.1, -0.05) is 12.1 Å². The number of nitrogens with one attached hydrogen (secondary N) is 2. The van der Waals surface area contributed by atoms with Crippen molar-refractivity contribution in [2.24, 2.45) is 5.10 Å². The lowest BCUT2D eigenvalue weighted by atomic mass is 10.0. The van der Waals surface area contributed by atoms with Crippen LogP contribution >= 0.6 is 0 Å². The highest BCUT2D eigenvalue weighted by Gasteiger charge is 2.33. The van der Waals surface area contributed by atoms with E-state index in [-0.39, 0.29) is 5.56 Å². The van der Waals surface area contributed by atoms with Gasteiger partial charge in [0.1, 0.15) is 18.3 Å². The quantitative estimate of drug-likeness (QED) is 0.0952. The first kappa shape index (κ1) is 22.9. The Bertz CT molecular complexity index is 765. The number of aliphatic hydroxyl groups is 4. The zero-order valence-corrected chi connectivity index (χ0v) is 14.2. The molecular weight excluding hydrogens is 378 g/mol. The number of aliphatic carboxylic acids is 1. The number of carbonyl (C=O) groups excluding carboxylic acids is 2. The van der Waals surface area contributed by atoms with Crippen molar-refractivity contribution in [2.45, 2.75) is 24.4 Å². The van der Waals surface area contributed by atoms with E-state index in [4.69, 9.17) is 15.4 Å². The lowest BCUT2D eigenvalue weighted by molar-refractivity contribution is -0.160. The Kier molecular flexibility index (Phi) is 8.87. The van der Waals surface area contributed by atoms with Crippen LogP contribution in [0.4, 0.5) is 0 Å². The van der Waals surface area contributed by atoms with E-state index in [1.807, 2.05) is 5.43 Å². The number of carbonyl (C=O) groups is 3. The molecule has 0 saturated carbocycles. The summed E-state index contributed by atoms with van der Waals surface area (Å²) >= 11 is 0. The highest BCUT2D eigenvalue weighted by atomic mass is 16.5. The highest BCUT2D eigenvalue weighted by molar-refractivity contribution is 5.95. The van der Waals surface area contributed by atoms with E-state index in [0.29, 0.717) is 11.8 Å². The first-order valence-electron chi connectivity index (χ1n) is 7.68. The molecule has 0 saturated heterocycles. The average Bonchev–Trinajstić information content (AvgIpc) is 2.69. The van der Waals surface area contributed by atoms with Gasteiger partial charge in [-0.2, -0.15) is 5.10 Å². The molecule has 12 heteroatoms. The van der Waals surface area contributed by atoms with Crippen molar-refractivity contribution in [3.63, 3.8) is 0 Å². The molecule has 0 fully saturated rings. The van der Waals surface area contributed by atoms with Crippen LogP contribution in [0.3, 0.4) is 0 Å². The molecule has 0 bridgehead atoms. The molecule has 152 valence electrons. The summed E-state index contributed by atoms with van der Waals surface area (Å²) in [7, 11) is 0. The van der Waals surface area contributed by atoms with Crippen LogP contribution in [0.15, 0.2) is 35.4 Å². The number of amides is 2. The fourth-order valence-electron chi connectivity index (χ4n) is 1.85. The molecule has 2 amide bonds. The minimum absolute atomic E-state index is 0.125. The van der Waals surface area contributed by atoms with Gasteiger partial charge in [0.2, 0.25) is 0 Å². The van der Waals surface area contributed by atoms with Gasteiger partial charge < -0.3 is 25.5 Å². The number of hydrazone groups is 1. The molecule has 0 radical (unpaired) electrons. The van der Waals surface area contributed by atoms with Crippen molar-refractivity contribution in [1.29, 1.82) is 0 Å². The largest absolute Gasteiger partial charge is 0.479 e. The molecule has 0 spiro atoms. The van der Waals surface area contributed by atoms with Crippen molar-refractivity contribution < 1.29 is 45.1 Å². The number of carboxylic acids is 1. The third kappa shape index (κ3) is 6.86. The van der Waals surface area contributed by atoms with E-state index in [0.717, 1.165) is 6.08 Å². The Morgan fingerprint density at radius 3 is 2.36 bits per heavy atom. The maximum absolute atomic E-state index is 12.0. The summed E-state index contributed by atoms with van der Waals surface area (Å²) in [5.41, 5.74) is 4.03. The van der Waals surface area contributed by atoms with Crippen LogP contribution in [0.1, 0.15) is 15.9 Å². The molecule has 28 heavy (non-hydrogen) atoms. The van der Waals surface area contributed by atoms with Gasteiger partial charge in [0.15, 0.2) is 6.10 Å². The van der Waals surface area contributed by atoms with Gasteiger partial charge in [-0.3, -0.25) is 14.8 Å². The third-order valence-corrected chi connectivity index (χ3v) is 3.36. The molecule has 1 aromatic rings. The van der Waals surface area contributed by atoms with Crippen molar-refractivity contribution in [2.75, 3.05) is 0 Å². The van der Waals surface area contributed by atoms with Crippen molar-refractivity contribution >= 4 is 30.1 Å². The number of nitrogens with zero attached hydrogens (tertiary/aromatic N) is 1. The van der Waals surface area contributed by atoms with E-state index < -0.39 is 42.2 Å². The molecule has 0 aromatic heterocycles. The lowest BCUT2D eigenvalue weighted by Gasteiger charge is -2.22. The monoisotopic (exact) mass is 397 g/mol. The van der Waals surface area contributed by atoms with E-state index in [2.05, 4.69) is 5.10 Å². The molecule has 1 aromatic carbocycles. The predicted octanol–water partition coefficient (Wildman–Crippen LogP) is -2.55. The number of aliphatic hydroxyl groups excluding tert-OH is 4. The molecule has 0 heterocycles. The highest BCUT2D eigenvalue weighted by Crippen LogP contribution is 2.08. The SMILES string of the molecule is O=C(/C=C/c1cccc(C(=O)N/N=C/[C@H](O)[C@@H](O)[C@@H](O)[C@H](O)C(=O)O)c1)NO. The van der Waals surface area contributed by atoms with Crippen LogP contribution in [0.5, 0.6) is 0 Å². The van der Waals surface area contributed by atoms with E-state index in [9.17, 15) is 29.7 Å². The Morgan fingerprint density at radius 1 is 1.07 bits per heavy atom. The maximum Gasteiger partial charge on any atom is 0.335 e. The smallest absolute Gasteiger partial charge is 0.335 e. The fourth-order valence-corrected chi connectivity index (χ4v) is 1.85. The van der Waals surface area contributed by atoms with Crippen LogP contribution in [-0.2, 0) is 9.59 Å². The summed E-state index contributed by atoms with van der Waals surface area (Å²) in [6.07, 6.45) is -5.46. The van der Waals surface area contributed by atoms with Gasteiger partial charge in [0.05, 0.1) is 6.21 Å². The lowest BCUT2D eigenvalue weighted by Crippen LogP contribution is -2.48. The second-order valence-electron chi connectivity index (χ2n) is 5.41.